The quantitative estimate of drug-likeness (QED) is 0.706. The number of dihydropyridines is 1. The predicted octanol–water partition coefficient (Wildman–Crippen LogP) is 4.71. The van der Waals surface area contributed by atoms with Gasteiger partial charge in [0.15, 0.2) is 11.6 Å². The number of allylic oxidation sites excluding steroid dienone is 4. The molecule has 1 heterocycles. The van der Waals surface area contributed by atoms with Gasteiger partial charge in [-0.05, 0) is 43.9 Å². The number of benzene rings is 1. The summed E-state index contributed by atoms with van der Waals surface area (Å²) in [6.07, 6.45) is 6.16. The number of nitrogens with one attached hydrogen (secondary N) is 1. The van der Waals surface area contributed by atoms with Crippen molar-refractivity contribution in [1.29, 1.82) is 0 Å². The molecule has 0 fully saturated rings. The number of hydrogen-bond donors (Lipinski definition) is 1. The van der Waals surface area contributed by atoms with Gasteiger partial charge in [0.2, 0.25) is 0 Å². The summed E-state index contributed by atoms with van der Waals surface area (Å²) in [5, 5.41) is 3.44. The lowest BCUT2D eigenvalue weighted by Crippen LogP contribution is -2.36. The molecular formula is C22H22BrNO3. The van der Waals surface area contributed by atoms with E-state index < -0.39 is 0 Å². The molecule has 1 aromatic rings. The largest absolute Gasteiger partial charge is 0.489 e. The second-order valence-corrected chi connectivity index (χ2v) is 8.09. The van der Waals surface area contributed by atoms with Crippen LogP contribution in [0.4, 0.5) is 0 Å². The summed E-state index contributed by atoms with van der Waals surface area (Å²) < 4.78 is 6.80. The monoisotopic (exact) mass is 427 g/mol. The normalized spacial score (nSPS) is 20.2. The highest BCUT2D eigenvalue weighted by Crippen LogP contribution is 2.47. The number of carbonyl (C=O) groups is 2. The van der Waals surface area contributed by atoms with E-state index in [-0.39, 0.29) is 17.5 Å². The van der Waals surface area contributed by atoms with Crippen LogP contribution in [0.2, 0.25) is 0 Å². The zero-order valence-electron chi connectivity index (χ0n) is 15.1. The van der Waals surface area contributed by atoms with Crippen LogP contribution >= 0.6 is 15.9 Å². The topological polar surface area (TPSA) is 55.4 Å². The van der Waals surface area contributed by atoms with Crippen molar-refractivity contribution in [2.24, 2.45) is 0 Å². The molecule has 0 bridgehead atoms. The van der Waals surface area contributed by atoms with Crippen LogP contribution in [0.3, 0.4) is 0 Å². The van der Waals surface area contributed by atoms with E-state index in [0.717, 1.165) is 58.3 Å². The molecule has 2 aliphatic carbocycles. The molecule has 0 unspecified atom stereocenters. The Labute approximate surface area is 167 Å². The van der Waals surface area contributed by atoms with Crippen molar-refractivity contribution >= 4 is 27.5 Å². The van der Waals surface area contributed by atoms with Gasteiger partial charge in [-0.1, -0.05) is 28.6 Å². The number of hydrogen-bond acceptors (Lipinski definition) is 4. The van der Waals surface area contributed by atoms with Gasteiger partial charge in [-0.15, -0.1) is 0 Å². The van der Waals surface area contributed by atoms with E-state index in [1.165, 1.54) is 0 Å². The van der Waals surface area contributed by atoms with Crippen molar-refractivity contribution in [3.63, 3.8) is 0 Å². The van der Waals surface area contributed by atoms with Crippen LogP contribution in [-0.2, 0) is 9.59 Å². The van der Waals surface area contributed by atoms with E-state index >= 15 is 0 Å². The van der Waals surface area contributed by atoms with Gasteiger partial charge in [-0.25, -0.2) is 0 Å². The van der Waals surface area contributed by atoms with Crippen molar-refractivity contribution in [3.05, 3.63) is 63.4 Å². The van der Waals surface area contributed by atoms with E-state index in [0.29, 0.717) is 25.2 Å². The van der Waals surface area contributed by atoms with Gasteiger partial charge < -0.3 is 10.1 Å². The fourth-order valence-corrected chi connectivity index (χ4v) is 4.70. The number of halogens is 1. The fourth-order valence-electron chi connectivity index (χ4n) is 4.32. The number of Topliss-reactive ketones (excluding diaryl/α,β-unsaturated/α-hetero) is 2. The first-order valence-corrected chi connectivity index (χ1v) is 10.2. The summed E-state index contributed by atoms with van der Waals surface area (Å²) in [6, 6.07) is 5.79. The second kappa shape index (κ2) is 7.47. The molecule has 5 heteroatoms. The molecule has 4 nitrogen and oxygen atoms in total. The third kappa shape index (κ3) is 3.29. The van der Waals surface area contributed by atoms with Gasteiger partial charge in [0.05, 0.1) is 0 Å². The lowest BCUT2D eigenvalue weighted by molar-refractivity contribution is -0.116. The summed E-state index contributed by atoms with van der Waals surface area (Å²) in [4.78, 5) is 25.8. The molecule has 0 amide bonds. The summed E-state index contributed by atoms with van der Waals surface area (Å²) in [6.45, 7) is 4.09. The number of ketones is 2. The highest BCUT2D eigenvalue weighted by atomic mass is 79.9. The molecular weight excluding hydrogens is 406 g/mol. The Kier molecular flexibility index (Phi) is 5.04. The van der Waals surface area contributed by atoms with Gasteiger partial charge in [0, 0.05) is 51.3 Å². The van der Waals surface area contributed by atoms with Gasteiger partial charge in [0.25, 0.3) is 0 Å². The van der Waals surface area contributed by atoms with Crippen LogP contribution in [0.5, 0.6) is 5.75 Å². The van der Waals surface area contributed by atoms with Gasteiger partial charge in [0.1, 0.15) is 12.4 Å². The third-order valence-corrected chi connectivity index (χ3v) is 5.92. The standard InChI is InChI=1S/C22H22BrNO3/c1-2-11-27-19-10-9-13(23)12-14(19)20-21-15(5-3-7-17(21)25)24-16-6-4-8-18(26)22(16)20/h2,9-10,12,20,24H,1,3-8,11H2. The molecule has 4 rings (SSSR count). The molecule has 3 aliphatic rings. The predicted molar refractivity (Wildman–Crippen MR) is 107 cm³/mol. The summed E-state index contributed by atoms with van der Waals surface area (Å²) >= 11 is 3.54. The molecule has 0 saturated carbocycles. The minimum absolute atomic E-state index is 0.133. The van der Waals surface area contributed by atoms with Crippen molar-refractivity contribution in [3.8, 4) is 5.75 Å². The highest BCUT2D eigenvalue weighted by molar-refractivity contribution is 9.10. The molecule has 1 aliphatic heterocycles. The first-order chi connectivity index (χ1) is 13.1. The van der Waals surface area contributed by atoms with Crippen LogP contribution < -0.4 is 10.1 Å². The molecule has 0 atom stereocenters. The summed E-state index contributed by atoms with van der Waals surface area (Å²) in [5.41, 5.74) is 4.34. The number of ether oxygens (including phenoxy) is 1. The van der Waals surface area contributed by atoms with Crippen LogP contribution in [0.1, 0.15) is 50.0 Å². The molecule has 0 saturated heterocycles. The Hall–Kier alpha value is -2.14. The van der Waals surface area contributed by atoms with Crippen molar-refractivity contribution in [2.45, 2.75) is 44.4 Å². The zero-order valence-corrected chi connectivity index (χ0v) is 16.7. The van der Waals surface area contributed by atoms with Crippen LogP contribution in [0.15, 0.2) is 57.9 Å². The average Bonchev–Trinajstić information content (AvgIpc) is 2.66. The van der Waals surface area contributed by atoms with E-state index in [1.807, 2.05) is 18.2 Å². The number of carbonyl (C=O) groups excluding carboxylic acids is 2. The average molecular weight is 428 g/mol. The Bertz CT molecular complexity index is 855. The Balaban J connectivity index is 1.92. The molecule has 0 radical (unpaired) electrons. The van der Waals surface area contributed by atoms with Crippen LogP contribution in [0.25, 0.3) is 0 Å². The van der Waals surface area contributed by atoms with Crippen LogP contribution in [-0.4, -0.2) is 18.2 Å². The maximum Gasteiger partial charge on any atom is 0.161 e. The highest BCUT2D eigenvalue weighted by Gasteiger charge is 2.41. The van der Waals surface area contributed by atoms with Gasteiger partial charge >= 0.3 is 0 Å². The molecule has 140 valence electrons. The minimum atomic E-state index is -0.353. The molecule has 1 aromatic carbocycles. The lowest BCUT2D eigenvalue weighted by Gasteiger charge is -2.37. The maximum atomic E-state index is 12.9. The van der Waals surface area contributed by atoms with Gasteiger partial charge in [-0.2, -0.15) is 0 Å². The Morgan fingerprint density at radius 3 is 2.30 bits per heavy atom. The first-order valence-electron chi connectivity index (χ1n) is 9.42. The lowest BCUT2D eigenvalue weighted by atomic mass is 9.71. The third-order valence-electron chi connectivity index (χ3n) is 5.43. The van der Waals surface area contributed by atoms with E-state index in [4.69, 9.17) is 4.74 Å². The first kappa shape index (κ1) is 18.2. The Morgan fingerprint density at radius 2 is 1.70 bits per heavy atom. The summed E-state index contributed by atoms with van der Waals surface area (Å²) in [5.74, 6) is 0.608. The minimum Gasteiger partial charge on any atom is -0.489 e. The summed E-state index contributed by atoms with van der Waals surface area (Å²) in [7, 11) is 0. The maximum absolute atomic E-state index is 12.9. The fraction of sp³-hybridized carbons (Fsp3) is 0.364. The molecule has 1 N–H and O–H groups in total. The van der Waals surface area contributed by atoms with E-state index in [2.05, 4.69) is 27.8 Å². The molecule has 0 spiro atoms. The van der Waals surface area contributed by atoms with E-state index in [9.17, 15) is 9.59 Å². The van der Waals surface area contributed by atoms with Crippen molar-refractivity contribution < 1.29 is 14.3 Å². The smallest absolute Gasteiger partial charge is 0.161 e. The van der Waals surface area contributed by atoms with E-state index in [1.54, 1.807) is 6.08 Å². The number of rotatable bonds is 4. The second-order valence-electron chi connectivity index (χ2n) is 7.18. The molecule has 0 aromatic heterocycles. The Morgan fingerprint density at radius 1 is 1.07 bits per heavy atom. The SMILES string of the molecule is C=CCOc1ccc(Br)cc1C1C2=C(CCCC2=O)NC2=C1C(=O)CCC2. The van der Waals surface area contributed by atoms with Gasteiger partial charge in [-0.3, -0.25) is 9.59 Å². The van der Waals surface area contributed by atoms with Crippen LogP contribution in [0, 0.1) is 0 Å². The van der Waals surface area contributed by atoms with Crippen molar-refractivity contribution in [2.75, 3.05) is 6.61 Å². The molecule has 27 heavy (non-hydrogen) atoms. The zero-order chi connectivity index (χ0) is 19.0. The van der Waals surface area contributed by atoms with Crippen molar-refractivity contribution in [1.82, 2.24) is 5.32 Å².